The number of nitrogens with zero attached hydrogens (tertiary/aromatic N) is 1. The van der Waals surface area contributed by atoms with Crippen LogP contribution in [0.15, 0.2) is 30.5 Å². The summed E-state index contributed by atoms with van der Waals surface area (Å²) >= 11 is 0. The lowest BCUT2D eigenvalue weighted by Crippen LogP contribution is -1.92. The summed E-state index contributed by atoms with van der Waals surface area (Å²) in [5.74, 6) is 0. The average Bonchev–Trinajstić information content (AvgIpc) is 2.58. The Hall–Kier alpha value is -1.28. The zero-order valence-corrected chi connectivity index (χ0v) is 8.40. The first kappa shape index (κ1) is 9.28. The molecule has 0 radical (unpaired) electrons. The smallest absolute Gasteiger partial charge is 0.119 e. The molecule has 0 aliphatic heterocycles. The molecular formula is C12H15NO. The number of rotatable bonds is 3. The molecule has 1 aromatic carbocycles. The van der Waals surface area contributed by atoms with Crippen molar-refractivity contribution in [3.63, 3.8) is 0 Å². The van der Waals surface area contributed by atoms with Gasteiger partial charge in [-0.25, -0.2) is 0 Å². The third-order valence-electron chi connectivity index (χ3n) is 2.54. The van der Waals surface area contributed by atoms with Gasteiger partial charge >= 0.3 is 0 Å². The van der Waals surface area contributed by atoms with E-state index in [2.05, 4.69) is 13.0 Å². The standard InChI is InChI=1S/C12H15NO/c1-2-5-10-8-13(9-14)12-7-4-3-6-11(10)12/h3-4,6-8,14H,2,5,9H2,1H3. The highest BCUT2D eigenvalue weighted by atomic mass is 16.3. The number of benzene rings is 1. The van der Waals surface area contributed by atoms with Crippen molar-refractivity contribution in [1.82, 2.24) is 4.57 Å². The number of hydrogen-bond donors (Lipinski definition) is 1. The van der Waals surface area contributed by atoms with Gasteiger partial charge in [-0.3, -0.25) is 0 Å². The van der Waals surface area contributed by atoms with Crippen molar-refractivity contribution in [2.24, 2.45) is 0 Å². The van der Waals surface area contributed by atoms with E-state index in [1.165, 1.54) is 10.9 Å². The molecule has 0 saturated carbocycles. The van der Waals surface area contributed by atoms with Crippen LogP contribution >= 0.6 is 0 Å². The van der Waals surface area contributed by atoms with Crippen molar-refractivity contribution in [3.8, 4) is 0 Å². The van der Waals surface area contributed by atoms with Crippen molar-refractivity contribution in [1.29, 1.82) is 0 Å². The molecule has 1 heterocycles. The van der Waals surface area contributed by atoms with E-state index < -0.39 is 0 Å². The number of aromatic nitrogens is 1. The van der Waals surface area contributed by atoms with Gasteiger partial charge in [0.2, 0.25) is 0 Å². The lowest BCUT2D eigenvalue weighted by atomic mass is 10.1. The maximum atomic E-state index is 9.18. The van der Waals surface area contributed by atoms with Crippen molar-refractivity contribution in [3.05, 3.63) is 36.0 Å². The molecule has 0 spiro atoms. The first-order valence-corrected chi connectivity index (χ1v) is 5.04. The van der Waals surface area contributed by atoms with Gasteiger partial charge in [0, 0.05) is 11.6 Å². The van der Waals surface area contributed by atoms with E-state index in [0.717, 1.165) is 18.4 Å². The number of aliphatic hydroxyl groups excluding tert-OH is 1. The highest BCUT2D eigenvalue weighted by Gasteiger charge is 2.05. The van der Waals surface area contributed by atoms with Gasteiger partial charge in [-0.15, -0.1) is 0 Å². The van der Waals surface area contributed by atoms with Crippen molar-refractivity contribution < 1.29 is 5.11 Å². The fourth-order valence-corrected chi connectivity index (χ4v) is 1.91. The first-order chi connectivity index (χ1) is 6.86. The van der Waals surface area contributed by atoms with Crippen molar-refractivity contribution in [2.45, 2.75) is 26.5 Å². The second-order valence-electron chi connectivity index (χ2n) is 3.53. The van der Waals surface area contributed by atoms with E-state index in [4.69, 9.17) is 0 Å². The van der Waals surface area contributed by atoms with Crippen LogP contribution in [0.3, 0.4) is 0 Å². The number of fused-ring (bicyclic) bond motifs is 1. The quantitative estimate of drug-likeness (QED) is 0.788. The predicted molar refractivity (Wildman–Crippen MR) is 58.2 cm³/mol. The molecule has 2 aromatic rings. The highest BCUT2D eigenvalue weighted by molar-refractivity contribution is 5.83. The molecule has 2 nitrogen and oxygen atoms in total. The summed E-state index contributed by atoms with van der Waals surface area (Å²) in [5, 5.41) is 10.4. The van der Waals surface area contributed by atoms with Crippen LogP contribution in [0.1, 0.15) is 18.9 Å². The Bertz CT molecular complexity index is 431. The Labute approximate surface area is 83.8 Å². The van der Waals surface area contributed by atoms with Gasteiger partial charge < -0.3 is 9.67 Å². The maximum absolute atomic E-state index is 9.18. The normalized spacial score (nSPS) is 11.0. The summed E-state index contributed by atoms with van der Waals surface area (Å²) in [5.41, 5.74) is 2.45. The summed E-state index contributed by atoms with van der Waals surface area (Å²) in [6, 6.07) is 8.21. The van der Waals surface area contributed by atoms with E-state index in [1.54, 1.807) is 0 Å². The minimum atomic E-state index is 0.0597. The second kappa shape index (κ2) is 3.84. The summed E-state index contributed by atoms with van der Waals surface area (Å²) in [7, 11) is 0. The van der Waals surface area contributed by atoms with E-state index in [-0.39, 0.29) is 6.73 Å². The monoisotopic (exact) mass is 189 g/mol. The second-order valence-corrected chi connectivity index (χ2v) is 3.53. The SMILES string of the molecule is CCCc1cn(CO)c2ccccc12. The Kier molecular flexibility index (Phi) is 2.55. The molecule has 0 bridgehead atoms. The molecule has 0 atom stereocenters. The molecule has 0 aliphatic carbocycles. The lowest BCUT2D eigenvalue weighted by Gasteiger charge is -1.97. The Morgan fingerprint density at radius 3 is 2.79 bits per heavy atom. The molecule has 1 N–H and O–H groups in total. The Morgan fingerprint density at radius 2 is 2.07 bits per heavy atom. The van der Waals surface area contributed by atoms with Crippen molar-refractivity contribution in [2.75, 3.05) is 0 Å². The van der Waals surface area contributed by atoms with Crippen LogP contribution in [0.2, 0.25) is 0 Å². The fourth-order valence-electron chi connectivity index (χ4n) is 1.91. The third kappa shape index (κ3) is 1.42. The van der Waals surface area contributed by atoms with Gasteiger partial charge in [0.05, 0.1) is 5.52 Å². The molecule has 14 heavy (non-hydrogen) atoms. The molecule has 0 aliphatic rings. The molecule has 1 aromatic heterocycles. The van der Waals surface area contributed by atoms with E-state index in [0.29, 0.717) is 0 Å². The van der Waals surface area contributed by atoms with Gasteiger partial charge in [0.25, 0.3) is 0 Å². The predicted octanol–water partition coefficient (Wildman–Crippen LogP) is 2.54. The Morgan fingerprint density at radius 1 is 1.29 bits per heavy atom. The molecule has 0 unspecified atom stereocenters. The van der Waals surface area contributed by atoms with Gasteiger partial charge in [-0.2, -0.15) is 0 Å². The van der Waals surface area contributed by atoms with E-state index >= 15 is 0 Å². The van der Waals surface area contributed by atoms with E-state index in [1.807, 2.05) is 29.0 Å². The summed E-state index contributed by atoms with van der Waals surface area (Å²) in [6.45, 7) is 2.23. The van der Waals surface area contributed by atoms with Gasteiger partial charge in [0.1, 0.15) is 6.73 Å². The fraction of sp³-hybridized carbons (Fsp3) is 0.333. The van der Waals surface area contributed by atoms with Gasteiger partial charge in [0.15, 0.2) is 0 Å². The third-order valence-corrected chi connectivity index (χ3v) is 2.54. The molecule has 0 fully saturated rings. The molecule has 2 rings (SSSR count). The van der Waals surface area contributed by atoms with Crippen LogP contribution in [-0.2, 0) is 13.2 Å². The maximum Gasteiger partial charge on any atom is 0.119 e. The highest BCUT2D eigenvalue weighted by Crippen LogP contribution is 2.21. The Balaban J connectivity index is 2.61. The zero-order chi connectivity index (χ0) is 9.97. The first-order valence-electron chi connectivity index (χ1n) is 5.04. The number of para-hydroxylation sites is 1. The topological polar surface area (TPSA) is 25.2 Å². The minimum Gasteiger partial charge on any atom is -0.376 e. The number of aryl methyl sites for hydroxylation is 1. The van der Waals surface area contributed by atoms with E-state index in [9.17, 15) is 5.11 Å². The minimum absolute atomic E-state index is 0.0597. The largest absolute Gasteiger partial charge is 0.376 e. The van der Waals surface area contributed by atoms with Crippen LogP contribution in [0.25, 0.3) is 10.9 Å². The van der Waals surface area contributed by atoms with Crippen LogP contribution in [-0.4, -0.2) is 9.67 Å². The molecular weight excluding hydrogens is 174 g/mol. The number of aliphatic hydroxyl groups is 1. The van der Waals surface area contributed by atoms with Crippen LogP contribution in [0.4, 0.5) is 0 Å². The van der Waals surface area contributed by atoms with Crippen LogP contribution in [0.5, 0.6) is 0 Å². The lowest BCUT2D eigenvalue weighted by molar-refractivity contribution is 0.215. The molecule has 74 valence electrons. The molecule has 0 amide bonds. The van der Waals surface area contributed by atoms with Crippen LogP contribution < -0.4 is 0 Å². The summed E-state index contributed by atoms with van der Waals surface area (Å²) in [6.07, 6.45) is 4.26. The van der Waals surface area contributed by atoms with Crippen molar-refractivity contribution >= 4 is 10.9 Å². The molecule has 2 heteroatoms. The van der Waals surface area contributed by atoms with Crippen LogP contribution in [0, 0.1) is 0 Å². The summed E-state index contributed by atoms with van der Waals surface area (Å²) < 4.78 is 1.89. The number of hydrogen-bond acceptors (Lipinski definition) is 1. The average molecular weight is 189 g/mol. The zero-order valence-electron chi connectivity index (χ0n) is 8.40. The van der Waals surface area contributed by atoms with Gasteiger partial charge in [-0.05, 0) is 18.1 Å². The summed E-state index contributed by atoms with van der Waals surface area (Å²) in [4.78, 5) is 0. The van der Waals surface area contributed by atoms with Gasteiger partial charge in [-0.1, -0.05) is 31.5 Å². The molecule has 0 saturated heterocycles.